The second-order valence-electron chi connectivity index (χ2n) is 2.63. The summed E-state index contributed by atoms with van der Waals surface area (Å²) in [5.41, 5.74) is 6.70. The highest BCUT2D eigenvalue weighted by Crippen LogP contribution is 2.19. The van der Waals surface area contributed by atoms with Crippen molar-refractivity contribution in [1.29, 1.82) is 0 Å². The summed E-state index contributed by atoms with van der Waals surface area (Å²) in [5.74, 6) is 0.0561. The maximum absolute atomic E-state index is 8.51. The van der Waals surface area contributed by atoms with E-state index in [4.69, 9.17) is 15.4 Å². The summed E-state index contributed by atoms with van der Waals surface area (Å²) in [6.45, 7) is 0. The summed E-state index contributed by atoms with van der Waals surface area (Å²) in [7, 11) is 0. The number of nitrogens with zero attached hydrogens (tertiary/aromatic N) is 1. The molecule has 0 aliphatic heterocycles. The van der Waals surface area contributed by atoms with Crippen molar-refractivity contribution in [3.8, 4) is 0 Å². The molecule has 0 fully saturated rings. The zero-order valence-electron chi connectivity index (χ0n) is 6.77. The fourth-order valence-corrected chi connectivity index (χ4v) is 1.25. The molecule has 0 saturated heterocycles. The topological polar surface area (TPSA) is 71.8 Å². The summed E-state index contributed by atoms with van der Waals surface area (Å²) in [4.78, 5) is 0. The van der Waals surface area contributed by atoms with Crippen molar-refractivity contribution in [2.24, 2.45) is 10.9 Å². The molecule has 0 aliphatic carbocycles. The van der Waals surface area contributed by atoms with Crippen molar-refractivity contribution in [2.45, 2.75) is 0 Å². The van der Waals surface area contributed by atoms with Gasteiger partial charge in [0.1, 0.15) is 5.58 Å². The van der Waals surface area contributed by atoms with Gasteiger partial charge in [-0.05, 0) is 12.1 Å². The number of hydrogen-bond donors (Lipinski definition) is 2. The zero-order valence-corrected chi connectivity index (χ0v) is 6.77. The lowest BCUT2D eigenvalue weighted by Gasteiger charge is -1.98. The van der Waals surface area contributed by atoms with Crippen molar-refractivity contribution >= 4 is 16.8 Å². The van der Waals surface area contributed by atoms with Gasteiger partial charge in [0.25, 0.3) is 0 Å². The van der Waals surface area contributed by atoms with Crippen LogP contribution in [0.1, 0.15) is 5.56 Å². The smallest absolute Gasteiger partial charge is 0.173 e. The maximum Gasteiger partial charge on any atom is 0.173 e. The van der Waals surface area contributed by atoms with Crippen LogP contribution in [0.3, 0.4) is 0 Å². The Morgan fingerprint density at radius 2 is 2.23 bits per heavy atom. The number of furan rings is 1. The first-order chi connectivity index (χ1) is 6.33. The van der Waals surface area contributed by atoms with Crippen molar-refractivity contribution < 1.29 is 9.62 Å². The number of para-hydroxylation sites is 1. The normalized spacial score (nSPS) is 12.2. The summed E-state index contributed by atoms with van der Waals surface area (Å²) in [6, 6.07) is 7.28. The molecular formula is C9H8N2O2. The molecule has 13 heavy (non-hydrogen) atoms. The molecule has 0 atom stereocenters. The van der Waals surface area contributed by atoms with Crippen LogP contribution in [0.15, 0.2) is 40.1 Å². The molecule has 4 heteroatoms. The second kappa shape index (κ2) is 2.82. The van der Waals surface area contributed by atoms with E-state index in [9.17, 15) is 0 Å². The van der Waals surface area contributed by atoms with Gasteiger partial charge in [0, 0.05) is 5.39 Å². The van der Waals surface area contributed by atoms with Gasteiger partial charge < -0.3 is 15.4 Å². The fraction of sp³-hybridized carbons (Fsp3) is 0. The zero-order chi connectivity index (χ0) is 9.26. The lowest BCUT2D eigenvalue weighted by atomic mass is 10.1. The van der Waals surface area contributed by atoms with Gasteiger partial charge in [0.2, 0.25) is 0 Å². The van der Waals surface area contributed by atoms with Crippen LogP contribution in [0.4, 0.5) is 0 Å². The highest BCUT2D eigenvalue weighted by Gasteiger charge is 2.06. The Balaban J connectivity index is 2.75. The standard InChI is InChI=1S/C9H8N2O2/c10-9(11-12)7-3-1-2-6-4-5-13-8(6)7/h1-5,12H,(H2,10,11). The molecule has 0 saturated carbocycles. The van der Waals surface area contributed by atoms with Gasteiger partial charge in [0.15, 0.2) is 5.84 Å². The van der Waals surface area contributed by atoms with Gasteiger partial charge in [-0.3, -0.25) is 0 Å². The van der Waals surface area contributed by atoms with E-state index in [1.807, 2.05) is 18.2 Å². The average molecular weight is 176 g/mol. The minimum absolute atomic E-state index is 0.0561. The van der Waals surface area contributed by atoms with Gasteiger partial charge in [-0.2, -0.15) is 0 Å². The Kier molecular flexibility index (Phi) is 1.66. The molecular weight excluding hydrogens is 168 g/mol. The van der Waals surface area contributed by atoms with E-state index in [0.29, 0.717) is 11.1 Å². The molecule has 0 bridgehead atoms. The predicted molar refractivity (Wildman–Crippen MR) is 48.7 cm³/mol. The molecule has 0 unspecified atom stereocenters. The fourth-order valence-electron chi connectivity index (χ4n) is 1.25. The van der Waals surface area contributed by atoms with Gasteiger partial charge in [-0.1, -0.05) is 17.3 Å². The lowest BCUT2D eigenvalue weighted by molar-refractivity contribution is 0.318. The van der Waals surface area contributed by atoms with Gasteiger partial charge in [0.05, 0.1) is 11.8 Å². The van der Waals surface area contributed by atoms with E-state index in [2.05, 4.69) is 5.16 Å². The molecule has 0 radical (unpaired) electrons. The average Bonchev–Trinajstić information content (AvgIpc) is 2.63. The van der Waals surface area contributed by atoms with Crippen LogP contribution in [0.2, 0.25) is 0 Å². The first kappa shape index (κ1) is 7.67. The van der Waals surface area contributed by atoms with Crippen LogP contribution in [0.5, 0.6) is 0 Å². The molecule has 3 N–H and O–H groups in total. The van der Waals surface area contributed by atoms with Crippen LogP contribution < -0.4 is 5.73 Å². The third kappa shape index (κ3) is 1.12. The maximum atomic E-state index is 8.51. The molecule has 2 rings (SSSR count). The largest absolute Gasteiger partial charge is 0.464 e. The Morgan fingerprint density at radius 3 is 3.00 bits per heavy atom. The van der Waals surface area contributed by atoms with E-state index >= 15 is 0 Å². The number of benzene rings is 1. The van der Waals surface area contributed by atoms with Crippen molar-refractivity contribution in [3.63, 3.8) is 0 Å². The van der Waals surface area contributed by atoms with Crippen LogP contribution in [-0.4, -0.2) is 11.0 Å². The van der Waals surface area contributed by atoms with Crippen LogP contribution >= 0.6 is 0 Å². The first-order valence-electron chi connectivity index (χ1n) is 3.77. The molecule has 1 aromatic carbocycles. The SMILES string of the molecule is N/C(=N/O)c1cccc2ccoc12. The molecule has 1 heterocycles. The van der Waals surface area contributed by atoms with Crippen LogP contribution in [-0.2, 0) is 0 Å². The Labute approximate surface area is 74.3 Å². The molecule has 1 aromatic heterocycles. The van der Waals surface area contributed by atoms with E-state index < -0.39 is 0 Å². The Bertz CT molecular complexity index is 459. The monoisotopic (exact) mass is 176 g/mol. The number of hydrogen-bond acceptors (Lipinski definition) is 3. The number of fused-ring (bicyclic) bond motifs is 1. The minimum Gasteiger partial charge on any atom is -0.464 e. The number of nitrogens with two attached hydrogens (primary N) is 1. The first-order valence-corrected chi connectivity index (χ1v) is 3.77. The van der Waals surface area contributed by atoms with Crippen LogP contribution in [0, 0.1) is 0 Å². The van der Waals surface area contributed by atoms with E-state index in [-0.39, 0.29) is 5.84 Å². The molecule has 66 valence electrons. The van der Waals surface area contributed by atoms with E-state index in [1.54, 1.807) is 12.3 Å². The summed E-state index contributed by atoms with van der Waals surface area (Å²) in [6.07, 6.45) is 1.57. The third-order valence-electron chi connectivity index (χ3n) is 1.86. The van der Waals surface area contributed by atoms with Crippen LogP contribution in [0.25, 0.3) is 11.0 Å². The van der Waals surface area contributed by atoms with Crippen molar-refractivity contribution in [3.05, 3.63) is 36.1 Å². The van der Waals surface area contributed by atoms with Gasteiger partial charge in [-0.25, -0.2) is 0 Å². The summed E-state index contributed by atoms with van der Waals surface area (Å²) < 4.78 is 5.20. The number of rotatable bonds is 1. The van der Waals surface area contributed by atoms with Crippen molar-refractivity contribution in [2.75, 3.05) is 0 Å². The number of oxime groups is 1. The molecule has 2 aromatic rings. The molecule has 4 nitrogen and oxygen atoms in total. The predicted octanol–water partition coefficient (Wildman–Crippen LogP) is 1.53. The lowest BCUT2D eigenvalue weighted by Crippen LogP contribution is -2.12. The van der Waals surface area contributed by atoms with E-state index in [1.165, 1.54) is 0 Å². The summed E-state index contributed by atoms with van der Waals surface area (Å²) in [5, 5.41) is 12.4. The van der Waals surface area contributed by atoms with E-state index in [0.717, 1.165) is 5.39 Å². The van der Waals surface area contributed by atoms with Gasteiger partial charge in [-0.15, -0.1) is 0 Å². The third-order valence-corrected chi connectivity index (χ3v) is 1.86. The second-order valence-corrected chi connectivity index (χ2v) is 2.63. The highest BCUT2D eigenvalue weighted by atomic mass is 16.4. The quantitative estimate of drug-likeness (QED) is 0.299. The molecule has 0 spiro atoms. The Hall–Kier alpha value is -1.97. The molecule has 0 aliphatic rings. The van der Waals surface area contributed by atoms with Crippen molar-refractivity contribution in [1.82, 2.24) is 0 Å². The Morgan fingerprint density at radius 1 is 1.38 bits per heavy atom. The number of amidine groups is 1. The highest BCUT2D eigenvalue weighted by molar-refractivity contribution is 6.06. The molecule has 0 amide bonds. The summed E-state index contributed by atoms with van der Waals surface area (Å²) >= 11 is 0. The van der Waals surface area contributed by atoms with Gasteiger partial charge >= 0.3 is 0 Å². The minimum atomic E-state index is 0.0561.